The number of rotatable bonds is 5. The topological polar surface area (TPSA) is 21.3 Å². The fraction of sp³-hybridized carbons (Fsp3) is 0.400. The highest BCUT2D eigenvalue weighted by molar-refractivity contribution is 5.85. The van der Waals surface area contributed by atoms with Gasteiger partial charge in [0.15, 0.2) is 0 Å². The van der Waals surface area contributed by atoms with Gasteiger partial charge in [0.2, 0.25) is 0 Å². The first-order valence-corrected chi connectivity index (χ1v) is 8.30. The molecule has 1 aliphatic heterocycles. The molecule has 24 heavy (non-hydrogen) atoms. The SMILES string of the molecule is CC(C)C1NC(c2cccc(F)c2)CC1OCc1ccccc1.Cl. The highest BCUT2D eigenvalue weighted by Crippen LogP contribution is 2.32. The first kappa shape index (κ1) is 18.9. The molecule has 1 saturated heterocycles. The van der Waals surface area contributed by atoms with Crippen LogP contribution in [0.3, 0.4) is 0 Å². The molecule has 1 fully saturated rings. The van der Waals surface area contributed by atoms with E-state index in [9.17, 15) is 4.39 Å². The third-order valence-corrected chi connectivity index (χ3v) is 4.54. The molecule has 0 saturated carbocycles. The van der Waals surface area contributed by atoms with Crippen LogP contribution in [0.25, 0.3) is 0 Å². The van der Waals surface area contributed by atoms with Crippen molar-refractivity contribution in [1.29, 1.82) is 0 Å². The summed E-state index contributed by atoms with van der Waals surface area (Å²) in [4.78, 5) is 0. The average Bonchev–Trinajstić information content (AvgIpc) is 2.98. The van der Waals surface area contributed by atoms with Crippen LogP contribution in [0.2, 0.25) is 0 Å². The second-order valence-electron chi connectivity index (χ2n) is 6.61. The lowest BCUT2D eigenvalue weighted by atomic mass is 9.99. The van der Waals surface area contributed by atoms with Crippen LogP contribution < -0.4 is 5.32 Å². The smallest absolute Gasteiger partial charge is 0.123 e. The van der Waals surface area contributed by atoms with E-state index in [0.29, 0.717) is 12.5 Å². The summed E-state index contributed by atoms with van der Waals surface area (Å²) < 4.78 is 19.7. The monoisotopic (exact) mass is 349 g/mol. The van der Waals surface area contributed by atoms with E-state index in [2.05, 4.69) is 31.3 Å². The number of hydrogen-bond acceptors (Lipinski definition) is 2. The molecule has 1 N–H and O–H groups in total. The van der Waals surface area contributed by atoms with Crippen LogP contribution in [-0.4, -0.2) is 12.1 Å². The Labute approximate surface area is 149 Å². The zero-order valence-corrected chi connectivity index (χ0v) is 14.9. The first-order valence-electron chi connectivity index (χ1n) is 8.30. The van der Waals surface area contributed by atoms with E-state index >= 15 is 0 Å². The van der Waals surface area contributed by atoms with Gasteiger partial charge in [-0.15, -0.1) is 12.4 Å². The molecular weight excluding hydrogens is 325 g/mol. The number of nitrogens with one attached hydrogen (secondary N) is 1. The van der Waals surface area contributed by atoms with E-state index in [1.54, 1.807) is 12.1 Å². The van der Waals surface area contributed by atoms with Crippen molar-refractivity contribution >= 4 is 12.4 Å². The second-order valence-corrected chi connectivity index (χ2v) is 6.61. The van der Waals surface area contributed by atoms with Crippen molar-refractivity contribution in [1.82, 2.24) is 5.32 Å². The zero-order chi connectivity index (χ0) is 16.2. The Bertz CT molecular complexity index is 635. The van der Waals surface area contributed by atoms with Gasteiger partial charge in [0.25, 0.3) is 0 Å². The third kappa shape index (κ3) is 4.56. The van der Waals surface area contributed by atoms with Gasteiger partial charge in [-0.1, -0.05) is 56.3 Å². The molecule has 0 spiro atoms. The number of halogens is 2. The van der Waals surface area contributed by atoms with Crippen LogP contribution in [0, 0.1) is 11.7 Å². The standard InChI is InChI=1S/C20H24FNO.ClH/c1-14(2)20-19(23-13-15-7-4-3-5-8-15)12-18(22-20)16-9-6-10-17(21)11-16;/h3-11,14,18-20,22H,12-13H2,1-2H3;1H. The largest absolute Gasteiger partial charge is 0.372 e. The lowest BCUT2D eigenvalue weighted by Crippen LogP contribution is -2.37. The third-order valence-electron chi connectivity index (χ3n) is 4.54. The quantitative estimate of drug-likeness (QED) is 0.829. The summed E-state index contributed by atoms with van der Waals surface area (Å²) >= 11 is 0. The first-order chi connectivity index (χ1) is 11.1. The lowest BCUT2D eigenvalue weighted by molar-refractivity contribution is 0.0226. The zero-order valence-electron chi connectivity index (χ0n) is 14.1. The minimum absolute atomic E-state index is 0. The summed E-state index contributed by atoms with van der Waals surface area (Å²) in [6, 6.07) is 17.5. The fourth-order valence-electron chi connectivity index (χ4n) is 3.31. The lowest BCUT2D eigenvalue weighted by Gasteiger charge is -2.23. The molecule has 130 valence electrons. The molecule has 3 unspecified atom stereocenters. The summed E-state index contributed by atoms with van der Waals surface area (Å²) in [6.07, 6.45) is 1.02. The van der Waals surface area contributed by atoms with Crippen molar-refractivity contribution in [3.8, 4) is 0 Å². The Kier molecular flexibility index (Phi) is 6.79. The predicted molar refractivity (Wildman–Crippen MR) is 97.8 cm³/mol. The molecule has 0 aliphatic carbocycles. The van der Waals surface area contributed by atoms with Gasteiger partial charge >= 0.3 is 0 Å². The molecular formula is C20H25ClFNO. The molecule has 3 rings (SSSR count). The molecule has 3 atom stereocenters. The Morgan fingerprint density at radius 3 is 2.54 bits per heavy atom. The molecule has 0 aromatic heterocycles. The van der Waals surface area contributed by atoms with Crippen LogP contribution in [0.4, 0.5) is 4.39 Å². The van der Waals surface area contributed by atoms with Crippen LogP contribution >= 0.6 is 12.4 Å². The second kappa shape index (κ2) is 8.61. The van der Waals surface area contributed by atoms with Crippen molar-refractivity contribution in [2.24, 2.45) is 5.92 Å². The van der Waals surface area contributed by atoms with Crippen molar-refractivity contribution < 1.29 is 9.13 Å². The summed E-state index contributed by atoms with van der Waals surface area (Å²) in [5, 5.41) is 3.63. The minimum Gasteiger partial charge on any atom is -0.372 e. The molecule has 1 aliphatic rings. The van der Waals surface area contributed by atoms with E-state index in [0.717, 1.165) is 12.0 Å². The molecule has 2 aromatic rings. The summed E-state index contributed by atoms with van der Waals surface area (Å²) in [5.41, 5.74) is 2.19. The van der Waals surface area contributed by atoms with Crippen LogP contribution in [0.15, 0.2) is 54.6 Å². The fourth-order valence-corrected chi connectivity index (χ4v) is 3.31. The van der Waals surface area contributed by atoms with Gasteiger partial charge in [0, 0.05) is 12.1 Å². The number of hydrogen-bond donors (Lipinski definition) is 1. The average molecular weight is 350 g/mol. The Balaban J connectivity index is 0.00000208. The summed E-state index contributed by atoms with van der Waals surface area (Å²) in [5.74, 6) is 0.286. The molecule has 2 nitrogen and oxygen atoms in total. The maximum atomic E-state index is 13.5. The number of benzene rings is 2. The van der Waals surface area contributed by atoms with Crippen molar-refractivity contribution in [2.45, 2.75) is 45.1 Å². The van der Waals surface area contributed by atoms with Gasteiger partial charge in [-0.25, -0.2) is 4.39 Å². The Morgan fingerprint density at radius 1 is 1.12 bits per heavy atom. The molecule has 4 heteroatoms. The molecule has 1 heterocycles. The van der Waals surface area contributed by atoms with E-state index < -0.39 is 0 Å². The van der Waals surface area contributed by atoms with Gasteiger partial charge in [0.05, 0.1) is 12.7 Å². The van der Waals surface area contributed by atoms with Gasteiger partial charge in [0.1, 0.15) is 5.82 Å². The highest BCUT2D eigenvalue weighted by atomic mass is 35.5. The molecule has 0 radical (unpaired) electrons. The van der Waals surface area contributed by atoms with Crippen molar-refractivity contribution in [3.05, 3.63) is 71.5 Å². The van der Waals surface area contributed by atoms with Gasteiger partial charge in [-0.05, 0) is 35.6 Å². The summed E-state index contributed by atoms with van der Waals surface area (Å²) in [7, 11) is 0. The van der Waals surface area contributed by atoms with Crippen LogP contribution in [0.1, 0.15) is 37.4 Å². The normalized spacial score (nSPS) is 23.2. The Morgan fingerprint density at radius 2 is 1.88 bits per heavy atom. The molecule has 0 bridgehead atoms. The predicted octanol–water partition coefficient (Wildman–Crippen LogP) is 4.89. The highest BCUT2D eigenvalue weighted by Gasteiger charge is 2.36. The van der Waals surface area contributed by atoms with Crippen molar-refractivity contribution in [3.63, 3.8) is 0 Å². The minimum atomic E-state index is -0.181. The van der Waals surface area contributed by atoms with Crippen LogP contribution in [0.5, 0.6) is 0 Å². The van der Waals surface area contributed by atoms with Gasteiger partial charge in [-0.2, -0.15) is 0 Å². The van der Waals surface area contributed by atoms with Crippen LogP contribution in [-0.2, 0) is 11.3 Å². The molecule has 0 amide bonds. The van der Waals surface area contributed by atoms with E-state index in [1.807, 2.05) is 24.3 Å². The number of ether oxygens (including phenoxy) is 1. The maximum Gasteiger partial charge on any atom is 0.123 e. The van der Waals surface area contributed by atoms with E-state index in [1.165, 1.54) is 11.6 Å². The maximum absolute atomic E-state index is 13.5. The van der Waals surface area contributed by atoms with Gasteiger partial charge < -0.3 is 10.1 Å². The van der Waals surface area contributed by atoms with Crippen molar-refractivity contribution in [2.75, 3.05) is 0 Å². The van der Waals surface area contributed by atoms with E-state index in [-0.39, 0.29) is 36.4 Å². The molecule has 2 aromatic carbocycles. The van der Waals surface area contributed by atoms with E-state index in [4.69, 9.17) is 4.74 Å². The summed E-state index contributed by atoms with van der Waals surface area (Å²) in [6.45, 7) is 5.02. The van der Waals surface area contributed by atoms with Gasteiger partial charge in [-0.3, -0.25) is 0 Å². The Hall–Kier alpha value is -1.42.